The highest BCUT2D eigenvalue weighted by molar-refractivity contribution is 5.83. The predicted molar refractivity (Wildman–Crippen MR) is 109 cm³/mol. The van der Waals surface area contributed by atoms with Crippen LogP contribution in [0.25, 0.3) is 22.3 Å². The Hall–Kier alpha value is -2.30. The third kappa shape index (κ3) is 3.11. The summed E-state index contributed by atoms with van der Waals surface area (Å²) in [6.45, 7) is 4.58. The molecule has 0 bridgehead atoms. The Bertz CT molecular complexity index is 1000. The maximum absolute atomic E-state index is 15.3. The van der Waals surface area contributed by atoms with Crippen molar-refractivity contribution >= 4 is 10.9 Å². The van der Waals surface area contributed by atoms with Crippen LogP contribution in [0.15, 0.2) is 36.5 Å². The molecule has 0 spiro atoms. The molecule has 1 aromatic carbocycles. The molecular weight excluding hydrogens is 351 g/mol. The number of rotatable bonds is 4. The first kappa shape index (κ1) is 17.8. The minimum absolute atomic E-state index is 0.103. The molecule has 28 heavy (non-hydrogen) atoms. The molecule has 5 heteroatoms. The van der Waals surface area contributed by atoms with E-state index in [1.165, 1.54) is 0 Å². The van der Waals surface area contributed by atoms with E-state index >= 15 is 4.39 Å². The molecule has 0 amide bonds. The fourth-order valence-electron chi connectivity index (χ4n) is 4.68. The van der Waals surface area contributed by atoms with E-state index in [-0.39, 0.29) is 17.4 Å². The number of hydrogen-bond acceptors (Lipinski definition) is 3. The third-order valence-corrected chi connectivity index (χ3v) is 6.62. The first-order valence-electron chi connectivity index (χ1n) is 10.5. The average Bonchev–Trinajstić information content (AvgIpc) is 3.23. The van der Waals surface area contributed by atoms with Crippen LogP contribution < -0.4 is 0 Å². The smallest absolute Gasteiger partial charge is 0.181 e. The molecule has 0 aliphatic heterocycles. The fourth-order valence-corrected chi connectivity index (χ4v) is 4.68. The lowest BCUT2D eigenvalue weighted by molar-refractivity contribution is 0.134. The van der Waals surface area contributed by atoms with Gasteiger partial charge in [-0.1, -0.05) is 26.3 Å². The van der Waals surface area contributed by atoms with E-state index < -0.39 is 6.17 Å². The highest BCUT2D eigenvalue weighted by atomic mass is 19.1. The van der Waals surface area contributed by atoms with E-state index in [4.69, 9.17) is 10.1 Å². The molecule has 0 radical (unpaired) electrons. The number of fused-ring (bicyclic) bond motifs is 1. The van der Waals surface area contributed by atoms with Gasteiger partial charge < -0.3 is 0 Å². The van der Waals surface area contributed by atoms with Crippen LogP contribution in [0.1, 0.15) is 70.4 Å². The number of pyridine rings is 1. The molecule has 3 aromatic rings. The standard InChI is InChI=1S/C23H27FN4/c1-23(2)11-10-18(14-23)28-22(20(24)15-5-3-6-15)26-21(27-28)17-8-9-19-16(13-17)7-4-12-25-19/h4,7-9,12-13,15,18,20H,3,5-6,10-11,14H2,1-2H3. The Morgan fingerprint density at radius 1 is 1.18 bits per heavy atom. The van der Waals surface area contributed by atoms with Gasteiger partial charge in [-0.25, -0.2) is 14.1 Å². The quantitative estimate of drug-likeness (QED) is 0.554. The molecule has 2 aromatic heterocycles. The molecule has 5 rings (SSSR count). The topological polar surface area (TPSA) is 43.6 Å². The maximum atomic E-state index is 15.3. The summed E-state index contributed by atoms with van der Waals surface area (Å²) in [5.74, 6) is 1.27. The Balaban J connectivity index is 1.56. The van der Waals surface area contributed by atoms with Crippen molar-refractivity contribution < 1.29 is 4.39 Å². The number of halogens is 1. The van der Waals surface area contributed by atoms with Crippen LogP contribution in [0.4, 0.5) is 4.39 Å². The van der Waals surface area contributed by atoms with Gasteiger partial charge in [0.25, 0.3) is 0 Å². The van der Waals surface area contributed by atoms with Crippen molar-refractivity contribution in [2.75, 3.05) is 0 Å². The van der Waals surface area contributed by atoms with E-state index in [2.05, 4.69) is 24.9 Å². The summed E-state index contributed by atoms with van der Waals surface area (Å²) in [5, 5.41) is 5.89. The molecule has 2 aliphatic carbocycles. The van der Waals surface area contributed by atoms with Crippen LogP contribution in [0, 0.1) is 11.3 Å². The van der Waals surface area contributed by atoms with E-state index in [0.717, 1.165) is 55.0 Å². The molecule has 0 N–H and O–H groups in total. The van der Waals surface area contributed by atoms with Gasteiger partial charge in [0, 0.05) is 17.1 Å². The third-order valence-electron chi connectivity index (χ3n) is 6.62. The molecule has 2 aliphatic rings. The summed E-state index contributed by atoms with van der Waals surface area (Å²) >= 11 is 0. The highest BCUT2D eigenvalue weighted by Crippen LogP contribution is 2.46. The summed E-state index contributed by atoms with van der Waals surface area (Å²) in [6.07, 6.45) is 7.04. The van der Waals surface area contributed by atoms with Crippen LogP contribution in [0.3, 0.4) is 0 Å². The summed E-state index contributed by atoms with van der Waals surface area (Å²) in [7, 11) is 0. The van der Waals surface area contributed by atoms with Gasteiger partial charge in [0.15, 0.2) is 17.8 Å². The number of hydrogen-bond donors (Lipinski definition) is 0. The lowest BCUT2D eigenvalue weighted by Gasteiger charge is -2.29. The maximum Gasteiger partial charge on any atom is 0.181 e. The largest absolute Gasteiger partial charge is 0.256 e. The van der Waals surface area contributed by atoms with Gasteiger partial charge in [0.2, 0.25) is 0 Å². The van der Waals surface area contributed by atoms with Crippen molar-refractivity contribution in [2.45, 2.75) is 64.6 Å². The zero-order valence-electron chi connectivity index (χ0n) is 16.6. The van der Waals surface area contributed by atoms with Gasteiger partial charge >= 0.3 is 0 Å². The van der Waals surface area contributed by atoms with E-state index in [0.29, 0.717) is 11.6 Å². The second-order valence-corrected chi connectivity index (χ2v) is 9.30. The Labute approximate surface area is 165 Å². The summed E-state index contributed by atoms with van der Waals surface area (Å²) in [6, 6.07) is 10.2. The Morgan fingerprint density at radius 2 is 2.04 bits per heavy atom. The predicted octanol–water partition coefficient (Wildman–Crippen LogP) is 6.06. The van der Waals surface area contributed by atoms with Crippen molar-refractivity contribution in [3.8, 4) is 11.4 Å². The summed E-state index contributed by atoms with van der Waals surface area (Å²) in [5.41, 5.74) is 2.16. The molecule has 2 saturated carbocycles. The van der Waals surface area contributed by atoms with Crippen LogP contribution in [-0.4, -0.2) is 19.7 Å². The van der Waals surface area contributed by atoms with Crippen LogP contribution in [0.2, 0.25) is 0 Å². The molecular formula is C23H27FN4. The summed E-state index contributed by atoms with van der Waals surface area (Å²) in [4.78, 5) is 9.12. The second kappa shape index (κ2) is 6.64. The lowest BCUT2D eigenvalue weighted by Crippen LogP contribution is -2.22. The van der Waals surface area contributed by atoms with Crippen molar-refractivity contribution in [2.24, 2.45) is 11.3 Å². The van der Waals surface area contributed by atoms with Crippen LogP contribution in [-0.2, 0) is 0 Å². The Morgan fingerprint density at radius 3 is 2.75 bits per heavy atom. The Kier molecular flexibility index (Phi) is 4.22. The number of alkyl halides is 1. The first-order valence-corrected chi connectivity index (χ1v) is 10.5. The van der Waals surface area contributed by atoms with Gasteiger partial charge in [0.05, 0.1) is 11.6 Å². The van der Waals surface area contributed by atoms with Gasteiger partial charge in [-0.2, -0.15) is 5.10 Å². The molecule has 2 atom stereocenters. The van der Waals surface area contributed by atoms with Crippen LogP contribution in [0.5, 0.6) is 0 Å². The second-order valence-electron chi connectivity index (χ2n) is 9.30. The molecule has 2 heterocycles. The fraction of sp³-hybridized carbons (Fsp3) is 0.522. The SMILES string of the molecule is CC1(C)CCC(n2nc(-c3ccc4ncccc4c3)nc2C(F)C2CCC2)C1. The minimum atomic E-state index is -1.01. The molecule has 0 saturated heterocycles. The average molecular weight is 378 g/mol. The van der Waals surface area contributed by atoms with Crippen molar-refractivity contribution in [1.82, 2.24) is 19.7 Å². The normalized spacial score (nSPS) is 23.0. The van der Waals surface area contributed by atoms with Gasteiger partial charge in [-0.3, -0.25) is 4.98 Å². The van der Waals surface area contributed by atoms with Gasteiger partial charge in [-0.15, -0.1) is 0 Å². The van der Waals surface area contributed by atoms with E-state index in [1.54, 1.807) is 6.20 Å². The monoisotopic (exact) mass is 378 g/mol. The molecule has 2 unspecified atom stereocenters. The van der Waals surface area contributed by atoms with Crippen molar-refractivity contribution in [1.29, 1.82) is 0 Å². The van der Waals surface area contributed by atoms with Crippen molar-refractivity contribution in [3.05, 3.63) is 42.4 Å². The number of nitrogens with zero attached hydrogens (tertiary/aromatic N) is 4. The lowest BCUT2D eigenvalue weighted by atomic mass is 9.81. The zero-order valence-corrected chi connectivity index (χ0v) is 16.6. The van der Waals surface area contributed by atoms with E-state index in [1.807, 2.05) is 28.9 Å². The summed E-state index contributed by atoms with van der Waals surface area (Å²) < 4.78 is 17.3. The minimum Gasteiger partial charge on any atom is -0.256 e. The number of benzene rings is 1. The highest BCUT2D eigenvalue weighted by Gasteiger charge is 2.38. The van der Waals surface area contributed by atoms with Gasteiger partial charge in [-0.05, 0) is 67.7 Å². The molecule has 4 nitrogen and oxygen atoms in total. The molecule has 2 fully saturated rings. The zero-order chi connectivity index (χ0) is 19.3. The van der Waals surface area contributed by atoms with Crippen LogP contribution >= 0.6 is 0 Å². The van der Waals surface area contributed by atoms with Crippen molar-refractivity contribution in [3.63, 3.8) is 0 Å². The van der Waals surface area contributed by atoms with Gasteiger partial charge in [0.1, 0.15) is 0 Å². The molecule has 146 valence electrons. The number of aromatic nitrogens is 4. The van der Waals surface area contributed by atoms with E-state index in [9.17, 15) is 0 Å². The first-order chi connectivity index (χ1) is 13.5.